The van der Waals surface area contributed by atoms with Gasteiger partial charge >= 0.3 is 0 Å². The number of aromatic nitrogens is 2. The molecular weight excluding hydrogens is 474 g/mol. The predicted octanol–water partition coefficient (Wildman–Crippen LogP) is 6.32. The number of halogens is 1. The van der Waals surface area contributed by atoms with E-state index >= 15 is 0 Å². The molecule has 0 saturated carbocycles. The SMILES string of the molecule is Cc1ccccc1C1CC(=O)N(c2nnc(SCc3ccccc3Cl)s2)C2=C1C(=O)CCC2. The van der Waals surface area contributed by atoms with Gasteiger partial charge in [0.25, 0.3) is 0 Å². The lowest BCUT2D eigenvalue weighted by atomic mass is 9.76. The molecule has 2 aromatic carbocycles. The topological polar surface area (TPSA) is 63.2 Å². The van der Waals surface area contributed by atoms with Gasteiger partial charge in [0.15, 0.2) is 10.1 Å². The molecule has 0 radical (unpaired) electrons. The molecule has 1 atom stereocenters. The van der Waals surface area contributed by atoms with Crippen LogP contribution in [0.4, 0.5) is 5.13 Å². The summed E-state index contributed by atoms with van der Waals surface area (Å²) in [6, 6.07) is 15.7. The number of rotatable bonds is 5. The zero-order valence-electron chi connectivity index (χ0n) is 18.1. The molecule has 1 aliphatic carbocycles. The van der Waals surface area contributed by atoms with Crippen LogP contribution in [0.25, 0.3) is 0 Å². The van der Waals surface area contributed by atoms with Gasteiger partial charge < -0.3 is 0 Å². The third-order valence-corrected chi connectivity index (χ3v) is 8.59. The van der Waals surface area contributed by atoms with Gasteiger partial charge in [-0.2, -0.15) is 0 Å². The second kappa shape index (κ2) is 9.41. The van der Waals surface area contributed by atoms with Crippen molar-refractivity contribution in [1.82, 2.24) is 10.2 Å². The Bertz CT molecular complexity index is 1270. The number of benzene rings is 2. The van der Waals surface area contributed by atoms with Crippen LogP contribution in [0, 0.1) is 6.92 Å². The number of Topliss-reactive ketones (excluding diaryl/α,β-unsaturated/α-hetero) is 1. The number of carbonyl (C=O) groups excluding carboxylic acids is 2. The summed E-state index contributed by atoms with van der Waals surface area (Å²) in [7, 11) is 0. The molecule has 2 aliphatic rings. The summed E-state index contributed by atoms with van der Waals surface area (Å²) in [5.74, 6) is 0.583. The van der Waals surface area contributed by atoms with Crippen LogP contribution < -0.4 is 4.90 Å². The lowest BCUT2D eigenvalue weighted by Gasteiger charge is -2.37. The van der Waals surface area contributed by atoms with Gasteiger partial charge in [0.2, 0.25) is 11.0 Å². The first-order valence-corrected chi connectivity index (χ1v) is 13.1. The molecule has 3 aromatic rings. The largest absolute Gasteiger partial charge is 0.294 e. The molecule has 1 amide bonds. The minimum Gasteiger partial charge on any atom is -0.294 e. The van der Waals surface area contributed by atoms with E-state index in [9.17, 15) is 9.59 Å². The van der Waals surface area contributed by atoms with E-state index in [0.29, 0.717) is 23.7 Å². The van der Waals surface area contributed by atoms with E-state index in [-0.39, 0.29) is 24.0 Å². The molecular formula is C25H22ClN3O2S2. The highest BCUT2D eigenvalue weighted by molar-refractivity contribution is 8.00. The second-order valence-corrected chi connectivity index (χ2v) is 10.8. The number of ketones is 1. The first-order chi connectivity index (χ1) is 16.0. The average molecular weight is 496 g/mol. The Morgan fingerprint density at radius 1 is 1.09 bits per heavy atom. The number of carbonyl (C=O) groups is 2. The molecule has 1 aliphatic heterocycles. The van der Waals surface area contributed by atoms with Gasteiger partial charge in [-0.1, -0.05) is 77.2 Å². The first kappa shape index (κ1) is 22.3. The van der Waals surface area contributed by atoms with E-state index in [4.69, 9.17) is 11.6 Å². The summed E-state index contributed by atoms with van der Waals surface area (Å²) in [6.45, 7) is 2.03. The highest BCUT2D eigenvalue weighted by atomic mass is 35.5. The Kier molecular flexibility index (Phi) is 6.36. The summed E-state index contributed by atoms with van der Waals surface area (Å²) in [4.78, 5) is 28.1. The van der Waals surface area contributed by atoms with E-state index in [0.717, 1.165) is 43.7 Å². The summed E-state index contributed by atoms with van der Waals surface area (Å²) >= 11 is 9.19. The fraction of sp³-hybridized carbons (Fsp3) is 0.280. The maximum Gasteiger partial charge on any atom is 0.234 e. The molecule has 2 heterocycles. The van der Waals surface area contributed by atoms with Gasteiger partial charge in [0, 0.05) is 40.8 Å². The van der Waals surface area contributed by atoms with Crippen molar-refractivity contribution >= 4 is 51.5 Å². The Balaban J connectivity index is 1.46. The van der Waals surface area contributed by atoms with Crippen LogP contribution >= 0.6 is 34.7 Å². The van der Waals surface area contributed by atoms with Gasteiger partial charge in [0.05, 0.1) is 0 Å². The minimum atomic E-state index is -0.195. The normalized spacial score (nSPS) is 18.6. The number of amides is 1. The molecule has 0 saturated heterocycles. The summed E-state index contributed by atoms with van der Waals surface area (Å²) in [6.07, 6.45) is 2.22. The lowest BCUT2D eigenvalue weighted by molar-refractivity contribution is -0.119. The van der Waals surface area contributed by atoms with Crippen LogP contribution in [-0.4, -0.2) is 21.9 Å². The monoisotopic (exact) mass is 495 g/mol. The number of thioether (sulfide) groups is 1. The maximum absolute atomic E-state index is 13.4. The van der Waals surface area contributed by atoms with Crippen LogP contribution in [0.5, 0.6) is 0 Å². The molecule has 168 valence electrons. The Morgan fingerprint density at radius 3 is 2.70 bits per heavy atom. The van der Waals surface area contributed by atoms with Crippen LogP contribution in [0.2, 0.25) is 5.02 Å². The van der Waals surface area contributed by atoms with Gasteiger partial charge in [-0.3, -0.25) is 14.5 Å². The predicted molar refractivity (Wildman–Crippen MR) is 133 cm³/mol. The first-order valence-electron chi connectivity index (χ1n) is 10.9. The third kappa shape index (κ3) is 4.37. The van der Waals surface area contributed by atoms with E-state index < -0.39 is 0 Å². The highest BCUT2D eigenvalue weighted by Gasteiger charge is 2.41. The van der Waals surface area contributed by atoms with E-state index in [1.54, 1.807) is 16.7 Å². The summed E-state index contributed by atoms with van der Waals surface area (Å²) < 4.78 is 0.767. The number of anilines is 1. The van der Waals surface area contributed by atoms with Crippen molar-refractivity contribution in [1.29, 1.82) is 0 Å². The second-order valence-electron chi connectivity index (χ2n) is 8.21. The highest BCUT2D eigenvalue weighted by Crippen LogP contribution is 2.45. The van der Waals surface area contributed by atoms with Crippen LogP contribution in [-0.2, 0) is 15.3 Å². The fourth-order valence-electron chi connectivity index (χ4n) is 4.56. The molecule has 0 bridgehead atoms. The van der Waals surface area contributed by atoms with Gasteiger partial charge in [-0.15, -0.1) is 10.2 Å². The van der Waals surface area contributed by atoms with Gasteiger partial charge in [-0.05, 0) is 42.5 Å². The molecule has 0 fully saturated rings. The van der Waals surface area contributed by atoms with Crippen molar-refractivity contribution in [3.63, 3.8) is 0 Å². The Hall–Kier alpha value is -2.48. The van der Waals surface area contributed by atoms with Crippen molar-refractivity contribution in [2.45, 2.75) is 48.6 Å². The summed E-state index contributed by atoms with van der Waals surface area (Å²) in [5, 5.41) is 9.89. The molecule has 5 rings (SSSR count). The Labute approximate surface area is 205 Å². The number of allylic oxidation sites excluding steroid dienone is 2. The molecule has 5 nitrogen and oxygen atoms in total. The number of hydrogen-bond donors (Lipinski definition) is 0. The van der Waals surface area contributed by atoms with E-state index in [1.165, 1.54) is 11.3 Å². The average Bonchev–Trinajstić information content (AvgIpc) is 3.27. The van der Waals surface area contributed by atoms with Crippen LogP contribution in [0.3, 0.4) is 0 Å². The quantitative estimate of drug-likeness (QED) is 0.306. The molecule has 33 heavy (non-hydrogen) atoms. The van der Waals surface area contributed by atoms with Crippen LogP contribution in [0.15, 0.2) is 64.1 Å². The van der Waals surface area contributed by atoms with Crippen molar-refractivity contribution in [2.24, 2.45) is 0 Å². The fourth-order valence-corrected chi connectivity index (χ4v) is 6.73. The van der Waals surface area contributed by atoms with E-state index in [2.05, 4.69) is 10.2 Å². The molecule has 8 heteroatoms. The molecule has 1 unspecified atom stereocenters. The Morgan fingerprint density at radius 2 is 1.88 bits per heavy atom. The molecule has 1 aromatic heterocycles. The van der Waals surface area contributed by atoms with Crippen LogP contribution in [0.1, 0.15) is 48.3 Å². The molecule has 0 spiro atoms. The van der Waals surface area contributed by atoms with Crippen molar-refractivity contribution in [3.05, 3.63) is 81.5 Å². The number of hydrogen-bond acceptors (Lipinski definition) is 6. The smallest absolute Gasteiger partial charge is 0.234 e. The van der Waals surface area contributed by atoms with Gasteiger partial charge in [-0.25, -0.2) is 0 Å². The number of aryl methyl sites for hydroxylation is 1. The zero-order chi connectivity index (χ0) is 22.9. The van der Waals surface area contributed by atoms with E-state index in [1.807, 2.05) is 55.5 Å². The van der Waals surface area contributed by atoms with Crippen molar-refractivity contribution in [2.75, 3.05) is 4.90 Å². The van der Waals surface area contributed by atoms with Gasteiger partial charge in [0.1, 0.15) is 0 Å². The molecule has 0 N–H and O–H groups in total. The lowest BCUT2D eigenvalue weighted by Crippen LogP contribution is -2.40. The summed E-state index contributed by atoms with van der Waals surface area (Å²) in [5.41, 5.74) is 4.76. The number of nitrogens with zero attached hydrogens (tertiary/aromatic N) is 3. The standard InChI is InChI=1S/C25H22ClN3O2S2/c1-15-7-2-4-9-17(15)18-13-22(31)29(20-11-6-12-21(30)23(18)20)24-27-28-25(33-24)32-14-16-8-3-5-10-19(16)26/h2-5,7-10,18H,6,11-14H2,1H3. The zero-order valence-corrected chi connectivity index (χ0v) is 20.5. The van der Waals surface area contributed by atoms with Crippen molar-refractivity contribution in [3.8, 4) is 0 Å². The third-order valence-electron chi connectivity index (χ3n) is 6.14. The maximum atomic E-state index is 13.4. The van der Waals surface area contributed by atoms with Crippen molar-refractivity contribution < 1.29 is 9.59 Å². The minimum absolute atomic E-state index is 0.0319.